The van der Waals surface area contributed by atoms with E-state index in [9.17, 15) is 5.11 Å². The molecule has 0 saturated carbocycles. The van der Waals surface area contributed by atoms with Crippen LogP contribution in [0.25, 0.3) is 10.2 Å². The molecule has 2 aromatic heterocycles. The summed E-state index contributed by atoms with van der Waals surface area (Å²) in [6.07, 6.45) is 4.37. The normalized spacial score (nSPS) is 16.3. The van der Waals surface area contributed by atoms with E-state index in [1.807, 2.05) is 0 Å². The third-order valence-electron chi connectivity index (χ3n) is 4.46. The summed E-state index contributed by atoms with van der Waals surface area (Å²) in [6.45, 7) is 7.27. The highest BCUT2D eigenvalue weighted by molar-refractivity contribution is 7.19. The summed E-state index contributed by atoms with van der Waals surface area (Å²) in [6, 6.07) is 0.321. The van der Waals surface area contributed by atoms with Crippen molar-refractivity contribution in [2.24, 2.45) is 0 Å². The predicted molar refractivity (Wildman–Crippen MR) is 95.7 cm³/mol. The minimum atomic E-state index is -0.368. The zero-order chi connectivity index (χ0) is 16.6. The molecule has 3 N–H and O–H groups in total. The Morgan fingerprint density at radius 2 is 1.96 bits per heavy atom. The fraction of sp³-hybridized carbons (Fsp3) is 0.647. The largest absolute Gasteiger partial charge is 0.392 e. The predicted octanol–water partition coefficient (Wildman–Crippen LogP) is 2.74. The van der Waals surface area contributed by atoms with Gasteiger partial charge in [0.15, 0.2) is 0 Å². The van der Waals surface area contributed by atoms with E-state index < -0.39 is 0 Å². The second-order valence-electron chi connectivity index (χ2n) is 6.79. The van der Waals surface area contributed by atoms with E-state index in [0.717, 1.165) is 28.9 Å². The number of nitrogens with two attached hydrogens (primary N) is 1. The van der Waals surface area contributed by atoms with Crippen molar-refractivity contribution < 1.29 is 5.11 Å². The van der Waals surface area contributed by atoms with Gasteiger partial charge >= 0.3 is 0 Å². The Bertz CT molecular complexity index is 695. The molecule has 5 nitrogen and oxygen atoms in total. The number of aliphatic hydroxyl groups excluding tert-OH is 1. The van der Waals surface area contributed by atoms with Crippen LogP contribution < -0.4 is 5.73 Å². The highest BCUT2D eigenvalue weighted by atomic mass is 32.1. The zero-order valence-corrected chi connectivity index (χ0v) is 15.0. The molecule has 0 fully saturated rings. The van der Waals surface area contributed by atoms with Gasteiger partial charge in [-0.1, -0.05) is 0 Å². The molecular weight excluding hydrogens is 308 g/mol. The molecule has 126 valence electrons. The topological polar surface area (TPSA) is 75.3 Å². The number of rotatable bonds is 5. The SMILES string of the molecule is CC(O)CN(Cc1nc(N)c2c3c(sc2n1)CCCC3)C(C)C. The first-order valence-corrected chi connectivity index (χ1v) is 9.26. The zero-order valence-electron chi connectivity index (χ0n) is 14.2. The third kappa shape index (κ3) is 3.49. The van der Waals surface area contributed by atoms with Crippen molar-refractivity contribution in [1.82, 2.24) is 14.9 Å². The molecule has 0 spiro atoms. The van der Waals surface area contributed by atoms with Crippen LogP contribution in [0.15, 0.2) is 0 Å². The first-order valence-electron chi connectivity index (χ1n) is 8.44. The molecule has 2 heterocycles. The van der Waals surface area contributed by atoms with Crippen molar-refractivity contribution in [3.63, 3.8) is 0 Å². The quantitative estimate of drug-likeness (QED) is 0.879. The maximum Gasteiger partial charge on any atom is 0.146 e. The van der Waals surface area contributed by atoms with E-state index in [4.69, 9.17) is 10.7 Å². The Labute approximate surface area is 141 Å². The van der Waals surface area contributed by atoms with E-state index in [2.05, 4.69) is 23.7 Å². The summed E-state index contributed by atoms with van der Waals surface area (Å²) < 4.78 is 0. The van der Waals surface area contributed by atoms with Gasteiger partial charge in [-0.15, -0.1) is 11.3 Å². The van der Waals surface area contributed by atoms with E-state index >= 15 is 0 Å². The van der Waals surface area contributed by atoms with Crippen LogP contribution in [-0.4, -0.2) is 38.7 Å². The molecule has 0 amide bonds. The van der Waals surface area contributed by atoms with E-state index in [0.29, 0.717) is 24.9 Å². The van der Waals surface area contributed by atoms with Gasteiger partial charge in [0.05, 0.1) is 18.0 Å². The number of aromatic nitrogens is 2. The summed E-state index contributed by atoms with van der Waals surface area (Å²) in [5.74, 6) is 1.37. The van der Waals surface area contributed by atoms with Crippen LogP contribution in [-0.2, 0) is 19.4 Å². The van der Waals surface area contributed by atoms with Gasteiger partial charge in [0.25, 0.3) is 0 Å². The molecule has 0 saturated heterocycles. The number of hydrogen-bond acceptors (Lipinski definition) is 6. The molecular formula is C17H26N4OS. The lowest BCUT2D eigenvalue weighted by atomic mass is 9.97. The number of fused-ring (bicyclic) bond motifs is 3. The molecule has 0 radical (unpaired) electrons. The van der Waals surface area contributed by atoms with Crippen molar-refractivity contribution in [2.75, 3.05) is 12.3 Å². The van der Waals surface area contributed by atoms with E-state index in [1.54, 1.807) is 18.3 Å². The number of hydrogen-bond donors (Lipinski definition) is 2. The van der Waals surface area contributed by atoms with Crippen LogP contribution in [0.4, 0.5) is 5.82 Å². The first-order chi connectivity index (χ1) is 11.0. The van der Waals surface area contributed by atoms with Crippen LogP contribution in [0.5, 0.6) is 0 Å². The fourth-order valence-electron chi connectivity index (χ4n) is 3.28. The molecule has 1 aliphatic carbocycles. The minimum Gasteiger partial charge on any atom is -0.392 e. The van der Waals surface area contributed by atoms with Gasteiger partial charge in [-0.05, 0) is 52.0 Å². The lowest BCUT2D eigenvalue weighted by molar-refractivity contribution is 0.101. The number of thiophene rings is 1. The fourth-order valence-corrected chi connectivity index (χ4v) is 4.57. The molecule has 0 aromatic carbocycles. The second-order valence-corrected chi connectivity index (χ2v) is 7.87. The Morgan fingerprint density at radius 1 is 1.22 bits per heavy atom. The van der Waals surface area contributed by atoms with Crippen molar-refractivity contribution in [2.45, 2.75) is 65.1 Å². The smallest absolute Gasteiger partial charge is 0.146 e. The van der Waals surface area contributed by atoms with Crippen molar-refractivity contribution in [1.29, 1.82) is 0 Å². The van der Waals surface area contributed by atoms with Gasteiger partial charge in [-0.25, -0.2) is 9.97 Å². The average molecular weight is 334 g/mol. The minimum absolute atomic E-state index is 0.321. The molecule has 0 aliphatic heterocycles. The number of anilines is 1. The van der Waals surface area contributed by atoms with E-state index in [-0.39, 0.29) is 6.10 Å². The summed E-state index contributed by atoms with van der Waals surface area (Å²) in [5.41, 5.74) is 7.65. The summed E-state index contributed by atoms with van der Waals surface area (Å²) >= 11 is 1.78. The molecule has 6 heteroatoms. The van der Waals surface area contributed by atoms with Crippen LogP contribution in [0.2, 0.25) is 0 Å². The Hall–Kier alpha value is -1.24. The monoisotopic (exact) mass is 334 g/mol. The Morgan fingerprint density at radius 3 is 2.65 bits per heavy atom. The van der Waals surface area contributed by atoms with Gasteiger partial charge in [-0.3, -0.25) is 4.90 Å². The number of aryl methyl sites for hydroxylation is 2. The lowest BCUT2D eigenvalue weighted by Crippen LogP contribution is -2.36. The van der Waals surface area contributed by atoms with Gasteiger partial charge in [0.2, 0.25) is 0 Å². The van der Waals surface area contributed by atoms with Gasteiger partial charge in [-0.2, -0.15) is 0 Å². The molecule has 1 unspecified atom stereocenters. The third-order valence-corrected chi connectivity index (χ3v) is 5.65. The first kappa shape index (κ1) is 16.6. The van der Waals surface area contributed by atoms with Crippen molar-refractivity contribution in [3.8, 4) is 0 Å². The maximum atomic E-state index is 9.68. The molecule has 1 atom stereocenters. The van der Waals surface area contributed by atoms with Gasteiger partial charge in [0.1, 0.15) is 16.5 Å². The summed E-state index contributed by atoms with van der Waals surface area (Å²) in [4.78, 5) is 14.0. The lowest BCUT2D eigenvalue weighted by Gasteiger charge is -2.26. The second kappa shape index (κ2) is 6.71. The number of nitrogen functional groups attached to an aromatic ring is 1. The number of nitrogens with zero attached hydrogens (tertiary/aromatic N) is 3. The van der Waals surface area contributed by atoms with Gasteiger partial charge in [0, 0.05) is 17.5 Å². The highest BCUT2D eigenvalue weighted by Crippen LogP contribution is 2.37. The standard InChI is InChI=1S/C17H26N4OS/c1-10(2)21(8-11(3)22)9-14-19-16(18)15-12-6-4-5-7-13(12)23-17(15)20-14/h10-11,22H,4-9H2,1-3H3,(H2,18,19,20). The Balaban J connectivity index is 1.93. The average Bonchev–Trinajstić information content (AvgIpc) is 2.84. The van der Waals surface area contributed by atoms with E-state index in [1.165, 1.54) is 23.3 Å². The summed E-state index contributed by atoms with van der Waals surface area (Å²) in [5, 5.41) is 10.8. The molecule has 2 aromatic rings. The van der Waals surface area contributed by atoms with Crippen LogP contribution >= 0.6 is 11.3 Å². The molecule has 0 bridgehead atoms. The molecule has 3 rings (SSSR count). The van der Waals surface area contributed by atoms with Crippen LogP contribution in [0, 0.1) is 0 Å². The van der Waals surface area contributed by atoms with Crippen LogP contribution in [0.3, 0.4) is 0 Å². The van der Waals surface area contributed by atoms with Gasteiger partial charge < -0.3 is 10.8 Å². The highest BCUT2D eigenvalue weighted by Gasteiger charge is 2.21. The van der Waals surface area contributed by atoms with Crippen molar-refractivity contribution >= 4 is 27.4 Å². The Kier molecular flexibility index (Phi) is 4.85. The maximum absolute atomic E-state index is 9.68. The van der Waals surface area contributed by atoms with Crippen molar-refractivity contribution in [3.05, 3.63) is 16.3 Å². The molecule has 1 aliphatic rings. The molecule has 23 heavy (non-hydrogen) atoms. The number of aliphatic hydroxyl groups is 1. The summed E-state index contributed by atoms with van der Waals surface area (Å²) in [7, 11) is 0. The van der Waals surface area contributed by atoms with Crippen LogP contribution in [0.1, 0.15) is 49.9 Å².